The number of hydrogen-bond donors (Lipinski definition) is 3. The average Bonchev–Trinajstić information content (AvgIpc) is 3.03. The minimum Gasteiger partial charge on any atom is -0.383 e. The van der Waals surface area contributed by atoms with E-state index in [1.54, 1.807) is 25.1 Å². The van der Waals surface area contributed by atoms with Gasteiger partial charge in [0, 0.05) is 16.8 Å². The fraction of sp³-hybridized carbons (Fsp3) is 0.353. The van der Waals surface area contributed by atoms with Gasteiger partial charge in [0.1, 0.15) is 11.4 Å². The lowest BCUT2D eigenvalue weighted by Gasteiger charge is -2.22. The first-order chi connectivity index (χ1) is 11.0. The Morgan fingerprint density at radius 2 is 2.17 bits per heavy atom. The highest BCUT2D eigenvalue weighted by Crippen LogP contribution is 2.41. The number of rotatable bonds is 5. The lowest BCUT2D eigenvalue weighted by molar-refractivity contribution is 0.0631. The second-order valence-corrected chi connectivity index (χ2v) is 7.00. The van der Waals surface area contributed by atoms with Crippen LogP contribution in [0.5, 0.6) is 0 Å². The van der Waals surface area contributed by atoms with Gasteiger partial charge in [0.25, 0.3) is 0 Å². The summed E-state index contributed by atoms with van der Waals surface area (Å²) in [5.74, 6) is -0.206. The normalized spacial score (nSPS) is 22.2. The number of hydrogen-bond acceptors (Lipinski definition) is 3. The summed E-state index contributed by atoms with van der Waals surface area (Å²) in [6, 6.07) is 9.93. The third-order valence-corrected chi connectivity index (χ3v) is 5.18. The predicted octanol–water partition coefficient (Wildman–Crippen LogP) is 2.95. The summed E-state index contributed by atoms with van der Waals surface area (Å²) in [4.78, 5) is 12.7. The first kappa shape index (κ1) is 16.0. The minimum atomic E-state index is -1.10. The zero-order chi connectivity index (χ0) is 16.4. The molecule has 3 unspecified atom stereocenters. The lowest BCUT2D eigenvalue weighted by atomic mass is 10.1. The maximum atomic E-state index is 13.7. The molecule has 2 amide bonds. The first-order valence-electron chi connectivity index (χ1n) is 7.52. The van der Waals surface area contributed by atoms with Gasteiger partial charge in [0.2, 0.25) is 0 Å². The smallest absolute Gasteiger partial charge is 0.315 e. The van der Waals surface area contributed by atoms with Crippen molar-refractivity contribution in [2.45, 2.75) is 30.9 Å². The van der Waals surface area contributed by atoms with E-state index in [1.165, 1.54) is 17.4 Å². The van der Waals surface area contributed by atoms with E-state index in [0.717, 1.165) is 11.3 Å². The van der Waals surface area contributed by atoms with Crippen LogP contribution in [0, 0.1) is 5.82 Å². The predicted molar refractivity (Wildman–Crippen MR) is 88.0 cm³/mol. The van der Waals surface area contributed by atoms with Crippen molar-refractivity contribution in [1.29, 1.82) is 0 Å². The van der Waals surface area contributed by atoms with Crippen LogP contribution in [0.25, 0.3) is 0 Å². The molecule has 0 bridgehead atoms. The molecule has 3 N–H and O–H groups in total. The monoisotopic (exact) mass is 334 g/mol. The summed E-state index contributed by atoms with van der Waals surface area (Å²) in [5, 5.41) is 17.7. The number of thiophene rings is 1. The SMILES string of the molecule is CC(O)(CNC(=O)NC1CC1c1ccccc1F)c1cccs1. The number of amides is 2. The number of halogens is 1. The van der Waals surface area contributed by atoms with Crippen LogP contribution in [0.2, 0.25) is 0 Å². The largest absolute Gasteiger partial charge is 0.383 e. The van der Waals surface area contributed by atoms with Crippen LogP contribution in [0.4, 0.5) is 9.18 Å². The van der Waals surface area contributed by atoms with Gasteiger partial charge in [-0.3, -0.25) is 0 Å². The zero-order valence-electron chi connectivity index (χ0n) is 12.8. The van der Waals surface area contributed by atoms with E-state index in [2.05, 4.69) is 10.6 Å². The first-order valence-corrected chi connectivity index (χ1v) is 8.40. The molecule has 4 nitrogen and oxygen atoms in total. The Morgan fingerprint density at radius 3 is 2.87 bits per heavy atom. The van der Waals surface area contributed by atoms with Gasteiger partial charge >= 0.3 is 6.03 Å². The fourth-order valence-electron chi connectivity index (χ4n) is 2.62. The summed E-state index contributed by atoms with van der Waals surface area (Å²) < 4.78 is 13.7. The molecule has 0 aliphatic heterocycles. The van der Waals surface area contributed by atoms with Crippen molar-refractivity contribution < 1.29 is 14.3 Å². The van der Waals surface area contributed by atoms with Gasteiger partial charge in [0.15, 0.2) is 0 Å². The Hall–Kier alpha value is -1.92. The number of benzene rings is 1. The molecule has 1 saturated carbocycles. The molecule has 1 aliphatic carbocycles. The van der Waals surface area contributed by atoms with Crippen LogP contribution in [-0.4, -0.2) is 23.7 Å². The van der Waals surface area contributed by atoms with Crippen molar-refractivity contribution in [3.05, 3.63) is 58.0 Å². The molecule has 1 aromatic carbocycles. The summed E-state index contributed by atoms with van der Waals surface area (Å²) in [7, 11) is 0. The van der Waals surface area contributed by atoms with E-state index >= 15 is 0 Å². The molecule has 1 aliphatic rings. The maximum Gasteiger partial charge on any atom is 0.315 e. The molecule has 3 rings (SSSR count). The van der Waals surface area contributed by atoms with Crippen molar-refractivity contribution in [1.82, 2.24) is 10.6 Å². The zero-order valence-corrected chi connectivity index (χ0v) is 13.6. The molecule has 3 atom stereocenters. The second-order valence-electron chi connectivity index (χ2n) is 6.05. The van der Waals surface area contributed by atoms with Gasteiger partial charge in [-0.25, -0.2) is 9.18 Å². The van der Waals surface area contributed by atoms with Crippen LogP contribution >= 0.6 is 11.3 Å². The molecule has 6 heteroatoms. The Morgan fingerprint density at radius 1 is 1.39 bits per heavy atom. The van der Waals surface area contributed by atoms with E-state index in [0.29, 0.717) is 5.56 Å². The van der Waals surface area contributed by atoms with Gasteiger partial charge in [-0.05, 0) is 36.4 Å². The standard InChI is InChI=1S/C17H19FN2O2S/c1-17(22,15-7-4-8-23-15)10-19-16(21)20-14-9-12(14)11-5-2-3-6-13(11)18/h2-8,12,14,22H,9-10H2,1H3,(H2,19,20,21). The highest BCUT2D eigenvalue weighted by atomic mass is 32.1. The molecular formula is C17H19FN2O2S. The number of carbonyl (C=O) groups excluding carboxylic acids is 1. The van der Waals surface area contributed by atoms with Gasteiger partial charge in [0.05, 0.1) is 6.54 Å². The van der Waals surface area contributed by atoms with Crippen molar-refractivity contribution in [3.8, 4) is 0 Å². The molecule has 0 saturated heterocycles. The molecule has 23 heavy (non-hydrogen) atoms. The van der Waals surface area contributed by atoms with Crippen molar-refractivity contribution >= 4 is 17.4 Å². The molecule has 2 aromatic rings. The van der Waals surface area contributed by atoms with E-state index in [4.69, 9.17) is 0 Å². The highest BCUT2D eigenvalue weighted by Gasteiger charge is 2.41. The summed E-state index contributed by atoms with van der Waals surface area (Å²) in [5.41, 5.74) is -0.455. The summed E-state index contributed by atoms with van der Waals surface area (Å²) in [6.07, 6.45) is 0.732. The Balaban J connectivity index is 1.49. The van der Waals surface area contributed by atoms with Gasteiger partial charge in [-0.2, -0.15) is 0 Å². The van der Waals surface area contributed by atoms with Gasteiger partial charge in [-0.15, -0.1) is 11.3 Å². The van der Waals surface area contributed by atoms with E-state index in [9.17, 15) is 14.3 Å². The van der Waals surface area contributed by atoms with Crippen LogP contribution in [0.15, 0.2) is 41.8 Å². The van der Waals surface area contributed by atoms with Crippen LogP contribution < -0.4 is 10.6 Å². The van der Waals surface area contributed by atoms with Crippen LogP contribution in [0.3, 0.4) is 0 Å². The lowest BCUT2D eigenvalue weighted by Crippen LogP contribution is -2.44. The van der Waals surface area contributed by atoms with Crippen LogP contribution in [0.1, 0.15) is 29.7 Å². The van der Waals surface area contributed by atoms with Crippen molar-refractivity contribution in [2.24, 2.45) is 0 Å². The Bertz CT molecular complexity index is 688. The summed E-state index contributed by atoms with van der Waals surface area (Å²) >= 11 is 1.44. The van der Waals surface area contributed by atoms with Crippen molar-refractivity contribution in [2.75, 3.05) is 6.54 Å². The van der Waals surface area contributed by atoms with E-state index in [-0.39, 0.29) is 30.4 Å². The third-order valence-electron chi connectivity index (χ3n) is 4.06. The summed E-state index contributed by atoms with van der Waals surface area (Å²) in [6.45, 7) is 1.79. The molecule has 1 fully saturated rings. The van der Waals surface area contributed by atoms with Gasteiger partial charge < -0.3 is 15.7 Å². The number of carbonyl (C=O) groups is 1. The molecule has 1 heterocycles. The Labute approximate surface area is 138 Å². The molecule has 0 radical (unpaired) electrons. The van der Waals surface area contributed by atoms with E-state index < -0.39 is 5.60 Å². The molecule has 0 spiro atoms. The minimum absolute atomic E-state index is 0.0276. The number of aliphatic hydroxyl groups is 1. The maximum absolute atomic E-state index is 13.7. The molecule has 1 aromatic heterocycles. The second kappa shape index (κ2) is 6.29. The number of nitrogens with one attached hydrogen (secondary N) is 2. The fourth-order valence-corrected chi connectivity index (χ4v) is 3.40. The number of urea groups is 1. The molecular weight excluding hydrogens is 315 g/mol. The third kappa shape index (κ3) is 3.71. The Kier molecular flexibility index (Phi) is 4.37. The highest BCUT2D eigenvalue weighted by molar-refractivity contribution is 7.10. The van der Waals surface area contributed by atoms with Gasteiger partial charge in [-0.1, -0.05) is 24.3 Å². The van der Waals surface area contributed by atoms with E-state index in [1.807, 2.05) is 17.5 Å². The average molecular weight is 334 g/mol. The molecule has 122 valence electrons. The van der Waals surface area contributed by atoms with Crippen molar-refractivity contribution in [3.63, 3.8) is 0 Å². The van der Waals surface area contributed by atoms with Crippen LogP contribution in [-0.2, 0) is 5.60 Å². The topological polar surface area (TPSA) is 61.4 Å². The quantitative estimate of drug-likeness (QED) is 0.787.